The van der Waals surface area contributed by atoms with E-state index >= 15 is 0 Å². The maximum absolute atomic E-state index is 6.32. The SMILES string of the molecule is Cc1coc(SC2CCCC(C)(C)C2N)n1. The number of aryl methyl sites for hydroxylation is 1. The highest BCUT2D eigenvalue weighted by Crippen LogP contribution is 2.41. The lowest BCUT2D eigenvalue weighted by Crippen LogP contribution is -2.48. The molecular formula is C12H20N2OS. The number of rotatable bonds is 2. The summed E-state index contributed by atoms with van der Waals surface area (Å²) in [6.07, 6.45) is 5.33. The third-order valence-electron chi connectivity index (χ3n) is 3.46. The van der Waals surface area contributed by atoms with Crippen LogP contribution in [0.25, 0.3) is 0 Å². The molecule has 1 fully saturated rings. The van der Waals surface area contributed by atoms with Crippen molar-refractivity contribution in [2.24, 2.45) is 11.1 Å². The van der Waals surface area contributed by atoms with Gasteiger partial charge in [0, 0.05) is 11.3 Å². The first-order valence-electron chi connectivity index (χ1n) is 5.83. The Labute approximate surface area is 101 Å². The molecule has 16 heavy (non-hydrogen) atoms. The summed E-state index contributed by atoms with van der Waals surface area (Å²) >= 11 is 1.69. The minimum Gasteiger partial charge on any atom is -0.440 e. The average molecular weight is 240 g/mol. The van der Waals surface area contributed by atoms with Gasteiger partial charge in [-0.2, -0.15) is 0 Å². The molecule has 0 saturated heterocycles. The van der Waals surface area contributed by atoms with Gasteiger partial charge in [0.25, 0.3) is 5.22 Å². The van der Waals surface area contributed by atoms with E-state index in [0.29, 0.717) is 5.25 Å². The van der Waals surface area contributed by atoms with E-state index in [-0.39, 0.29) is 11.5 Å². The second-order valence-corrected chi connectivity index (χ2v) is 6.51. The summed E-state index contributed by atoms with van der Waals surface area (Å²) in [5.41, 5.74) is 7.49. The summed E-state index contributed by atoms with van der Waals surface area (Å²) in [6, 6.07) is 0.221. The highest BCUT2D eigenvalue weighted by Gasteiger charge is 2.37. The molecule has 0 aromatic carbocycles. The number of nitrogens with zero attached hydrogens (tertiary/aromatic N) is 1. The summed E-state index contributed by atoms with van der Waals surface area (Å²) in [7, 11) is 0. The van der Waals surface area contributed by atoms with E-state index in [1.807, 2.05) is 6.92 Å². The summed E-state index contributed by atoms with van der Waals surface area (Å²) in [5.74, 6) is 0. The fourth-order valence-corrected chi connectivity index (χ4v) is 3.62. The van der Waals surface area contributed by atoms with Crippen LogP contribution < -0.4 is 5.73 Å². The molecule has 2 atom stereocenters. The van der Waals surface area contributed by atoms with Crippen LogP contribution in [0.2, 0.25) is 0 Å². The van der Waals surface area contributed by atoms with E-state index in [9.17, 15) is 0 Å². The van der Waals surface area contributed by atoms with Crippen LogP contribution in [0.4, 0.5) is 0 Å². The zero-order valence-electron chi connectivity index (χ0n) is 10.2. The zero-order chi connectivity index (χ0) is 11.8. The fourth-order valence-electron chi connectivity index (χ4n) is 2.26. The molecule has 2 N–H and O–H groups in total. The first kappa shape index (κ1) is 12.0. The van der Waals surface area contributed by atoms with Gasteiger partial charge in [-0.25, -0.2) is 4.98 Å². The smallest absolute Gasteiger partial charge is 0.256 e. The van der Waals surface area contributed by atoms with Crippen LogP contribution in [0.15, 0.2) is 15.9 Å². The van der Waals surface area contributed by atoms with Gasteiger partial charge in [0.15, 0.2) is 0 Å². The second-order valence-electron chi connectivity index (χ2n) is 5.32. The number of thioether (sulfide) groups is 1. The normalized spacial score (nSPS) is 29.2. The predicted octanol–water partition coefficient (Wildman–Crippen LogP) is 2.98. The Balaban J connectivity index is 2.04. The highest BCUT2D eigenvalue weighted by molar-refractivity contribution is 7.99. The van der Waals surface area contributed by atoms with Crippen LogP contribution in [0, 0.1) is 12.3 Å². The monoisotopic (exact) mass is 240 g/mol. The lowest BCUT2D eigenvalue weighted by molar-refractivity contribution is 0.208. The molecule has 90 valence electrons. The Bertz CT molecular complexity index is 362. The number of aromatic nitrogens is 1. The van der Waals surface area contributed by atoms with Crippen molar-refractivity contribution in [3.05, 3.63) is 12.0 Å². The number of hydrogen-bond donors (Lipinski definition) is 1. The van der Waals surface area contributed by atoms with Gasteiger partial charge in [0.1, 0.15) is 6.26 Å². The summed E-state index contributed by atoms with van der Waals surface area (Å²) in [5, 5.41) is 1.19. The van der Waals surface area contributed by atoms with E-state index in [1.165, 1.54) is 12.8 Å². The average Bonchev–Trinajstić information content (AvgIpc) is 2.59. The molecule has 4 heteroatoms. The van der Waals surface area contributed by atoms with Gasteiger partial charge in [-0.05, 0) is 25.2 Å². The quantitative estimate of drug-likeness (QED) is 0.863. The molecule has 1 saturated carbocycles. The third-order valence-corrected chi connectivity index (χ3v) is 4.68. The number of hydrogen-bond acceptors (Lipinski definition) is 4. The third kappa shape index (κ3) is 2.43. The maximum atomic E-state index is 6.32. The molecule has 0 radical (unpaired) electrons. The topological polar surface area (TPSA) is 52.0 Å². The first-order chi connectivity index (χ1) is 7.49. The second kappa shape index (κ2) is 4.41. The molecule has 0 bridgehead atoms. The van der Waals surface area contributed by atoms with E-state index < -0.39 is 0 Å². The van der Waals surface area contributed by atoms with Gasteiger partial charge in [-0.15, -0.1) is 0 Å². The van der Waals surface area contributed by atoms with E-state index in [1.54, 1.807) is 18.0 Å². The van der Waals surface area contributed by atoms with Gasteiger partial charge < -0.3 is 10.2 Å². The van der Waals surface area contributed by atoms with Crippen molar-refractivity contribution in [2.75, 3.05) is 0 Å². The van der Waals surface area contributed by atoms with Crippen molar-refractivity contribution >= 4 is 11.8 Å². The van der Waals surface area contributed by atoms with Crippen molar-refractivity contribution in [3.8, 4) is 0 Å². The van der Waals surface area contributed by atoms with Crippen molar-refractivity contribution < 1.29 is 4.42 Å². The van der Waals surface area contributed by atoms with E-state index in [0.717, 1.165) is 17.3 Å². The van der Waals surface area contributed by atoms with Crippen LogP contribution >= 0.6 is 11.8 Å². The largest absolute Gasteiger partial charge is 0.440 e. The molecule has 0 spiro atoms. The van der Waals surface area contributed by atoms with Gasteiger partial charge in [0.2, 0.25) is 0 Å². The molecule has 1 aromatic heterocycles. The van der Waals surface area contributed by atoms with Crippen LogP contribution in [-0.2, 0) is 0 Å². The molecule has 1 aromatic rings. The van der Waals surface area contributed by atoms with Gasteiger partial charge >= 0.3 is 0 Å². The number of nitrogens with two attached hydrogens (primary N) is 1. The molecule has 3 nitrogen and oxygen atoms in total. The van der Waals surface area contributed by atoms with Crippen molar-refractivity contribution in [3.63, 3.8) is 0 Å². The Hall–Kier alpha value is -0.480. The van der Waals surface area contributed by atoms with E-state index in [2.05, 4.69) is 18.8 Å². The molecule has 1 aliphatic carbocycles. The first-order valence-corrected chi connectivity index (χ1v) is 6.71. The van der Waals surface area contributed by atoms with Gasteiger partial charge in [-0.3, -0.25) is 0 Å². The van der Waals surface area contributed by atoms with Crippen LogP contribution in [-0.4, -0.2) is 16.3 Å². The molecule has 1 heterocycles. The van der Waals surface area contributed by atoms with E-state index in [4.69, 9.17) is 10.2 Å². The minimum atomic E-state index is 0.221. The summed E-state index contributed by atoms with van der Waals surface area (Å²) in [4.78, 5) is 4.33. The van der Waals surface area contributed by atoms with Crippen molar-refractivity contribution in [1.82, 2.24) is 4.98 Å². The molecule has 0 amide bonds. The fraction of sp³-hybridized carbons (Fsp3) is 0.750. The lowest BCUT2D eigenvalue weighted by Gasteiger charge is -2.40. The predicted molar refractivity (Wildman–Crippen MR) is 66.5 cm³/mol. The maximum Gasteiger partial charge on any atom is 0.256 e. The van der Waals surface area contributed by atoms with Gasteiger partial charge in [0.05, 0.1) is 5.69 Å². The number of oxazole rings is 1. The zero-order valence-corrected chi connectivity index (χ0v) is 11.0. The standard InChI is InChI=1S/C12H20N2OS/c1-8-7-15-11(14-8)16-9-5-4-6-12(2,3)10(9)13/h7,9-10H,4-6,13H2,1-3H3. The Morgan fingerprint density at radius 2 is 2.31 bits per heavy atom. The van der Waals surface area contributed by atoms with Crippen LogP contribution in [0.1, 0.15) is 38.8 Å². The van der Waals surface area contributed by atoms with Gasteiger partial charge in [-0.1, -0.05) is 32.0 Å². The Kier molecular flexibility index (Phi) is 3.31. The van der Waals surface area contributed by atoms with Crippen LogP contribution in [0.3, 0.4) is 0 Å². The van der Waals surface area contributed by atoms with Crippen molar-refractivity contribution in [2.45, 2.75) is 56.5 Å². The Morgan fingerprint density at radius 1 is 1.56 bits per heavy atom. The van der Waals surface area contributed by atoms with Crippen LogP contribution in [0.5, 0.6) is 0 Å². The summed E-state index contributed by atoms with van der Waals surface area (Å²) in [6.45, 7) is 6.45. The molecule has 0 aliphatic heterocycles. The lowest BCUT2D eigenvalue weighted by atomic mass is 9.73. The molecular weight excluding hydrogens is 220 g/mol. The molecule has 1 aliphatic rings. The van der Waals surface area contributed by atoms with Crippen molar-refractivity contribution in [1.29, 1.82) is 0 Å². The highest BCUT2D eigenvalue weighted by atomic mass is 32.2. The molecule has 2 rings (SSSR count). The summed E-state index contributed by atoms with van der Waals surface area (Å²) < 4.78 is 5.38. The molecule has 2 unspecified atom stereocenters. The Morgan fingerprint density at radius 3 is 2.94 bits per heavy atom. The minimum absolute atomic E-state index is 0.221.